The molecule has 2 atom stereocenters. The average Bonchev–Trinajstić information content (AvgIpc) is 3.84. The summed E-state index contributed by atoms with van der Waals surface area (Å²) in [5, 5.41) is 6.05. The van der Waals surface area contributed by atoms with Gasteiger partial charge in [-0.2, -0.15) is 0 Å². The highest BCUT2D eigenvalue weighted by molar-refractivity contribution is 5.96. The highest BCUT2D eigenvalue weighted by Crippen LogP contribution is 2.31. The maximum Gasteiger partial charge on any atom is 0.232 e. The number of benzene rings is 4. The Hall–Kier alpha value is -5.24. The SMILES string of the molecule is CC(C)(C(=O)N1CC[C@@H](C(=O)Nc2ccc(-c3ccc(NC(=O)[C@H]4CCN(C(=O)C(C)(C)c5ccccc5)C4)cc3)cc2)C1)c1ccccc1. The number of nitrogens with zero attached hydrogens (tertiary/aromatic N) is 2. The van der Waals surface area contributed by atoms with Crippen molar-refractivity contribution < 1.29 is 19.2 Å². The number of hydrogen-bond donors (Lipinski definition) is 2. The molecule has 2 heterocycles. The number of rotatable bonds is 9. The summed E-state index contributed by atoms with van der Waals surface area (Å²) in [5.41, 5.74) is 3.97. The summed E-state index contributed by atoms with van der Waals surface area (Å²) in [4.78, 5) is 56.6. The lowest BCUT2D eigenvalue weighted by atomic mass is 9.83. The molecular weight excluding hydrogens is 624 g/mol. The maximum absolute atomic E-state index is 13.4. The molecule has 0 bridgehead atoms. The van der Waals surface area contributed by atoms with Crippen molar-refractivity contribution in [3.05, 3.63) is 120 Å². The maximum atomic E-state index is 13.4. The van der Waals surface area contributed by atoms with Gasteiger partial charge in [0.25, 0.3) is 0 Å². The van der Waals surface area contributed by atoms with Crippen LogP contribution in [-0.4, -0.2) is 59.6 Å². The van der Waals surface area contributed by atoms with E-state index in [2.05, 4.69) is 10.6 Å². The molecule has 2 fully saturated rings. The number of likely N-dealkylation sites (tertiary alicyclic amines) is 2. The molecule has 2 aliphatic heterocycles. The molecule has 0 aliphatic carbocycles. The molecule has 0 spiro atoms. The molecule has 0 aromatic heterocycles. The van der Waals surface area contributed by atoms with Gasteiger partial charge in [0.1, 0.15) is 0 Å². The van der Waals surface area contributed by atoms with E-state index in [4.69, 9.17) is 0 Å². The topological polar surface area (TPSA) is 98.8 Å². The van der Waals surface area contributed by atoms with Crippen LogP contribution in [0.25, 0.3) is 11.1 Å². The van der Waals surface area contributed by atoms with E-state index in [9.17, 15) is 19.2 Å². The zero-order chi connectivity index (χ0) is 35.5. The minimum Gasteiger partial charge on any atom is -0.341 e. The van der Waals surface area contributed by atoms with E-state index < -0.39 is 10.8 Å². The van der Waals surface area contributed by atoms with Crippen LogP contribution in [0.3, 0.4) is 0 Å². The molecule has 0 unspecified atom stereocenters. The van der Waals surface area contributed by atoms with Gasteiger partial charge in [-0.1, -0.05) is 84.9 Å². The van der Waals surface area contributed by atoms with E-state index in [0.29, 0.717) is 50.4 Å². The fourth-order valence-corrected chi connectivity index (χ4v) is 7.05. The average molecular weight is 671 g/mol. The number of nitrogens with one attached hydrogen (secondary N) is 2. The van der Waals surface area contributed by atoms with Gasteiger partial charge < -0.3 is 20.4 Å². The Labute approximate surface area is 294 Å². The first-order chi connectivity index (χ1) is 23.9. The van der Waals surface area contributed by atoms with Gasteiger partial charge in [-0.05, 0) is 87.1 Å². The van der Waals surface area contributed by atoms with Crippen molar-refractivity contribution in [2.45, 2.75) is 51.4 Å². The lowest BCUT2D eigenvalue weighted by molar-refractivity contribution is -0.136. The largest absolute Gasteiger partial charge is 0.341 e. The Morgan fingerprint density at radius 2 is 0.860 bits per heavy atom. The van der Waals surface area contributed by atoms with Crippen LogP contribution in [0, 0.1) is 11.8 Å². The molecule has 2 aliphatic rings. The third-order valence-corrected chi connectivity index (χ3v) is 10.4. The second-order valence-electron chi connectivity index (χ2n) is 14.6. The number of carbonyl (C=O) groups is 4. The Kier molecular flexibility index (Phi) is 9.91. The highest BCUT2D eigenvalue weighted by atomic mass is 16.2. The van der Waals surface area contributed by atoms with Crippen molar-refractivity contribution in [3.8, 4) is 11.1 Å². The van der Waals surface area contributed by atoms with Gasteiger partial charge in [0.2, 0.25) is 23.6 Å². The molecule has 50 heavy (non-hydrogen) atoms. The third kappa shape index (κ3) is 7.34. The number of carbonyl (C=O) groups excluding carboxylic acids is 4. The fraction of sp³-hybridized carbons (Fsp3) is 0.333. The summed E-state index contributed by atoms with van der Waals surface area (Å²) in [6.45, 7) is 9.69. The number of amides is 4. The van der Waals surface area contributed by atoms with Crippen LogP contribution in [0.1, 0.15) is 51.7 Å². The van der Waals surface area contributed by atoms with Gasteiger partial charge in [0, 0.05) is 37.6 Å². The third-order valence-electron chi connectivity index (χ3n) is 10.4. The zero-order valence-corrected chi connectivity index (χ0v) is 29.3. The van der Waals surface area contributed by atoms with E-state index in [0.717, 1.165) is 22.3 Å². The van der Waals surface area contributed by atoms with Crippen LogP contribution in [0.2, 0.25) is 0 Å². The lowest BCUT2D eigenvalue weighted by Gasteiger charge is -2.29. The lowest BCUT2D eigenvalue weighted by Crippen LogP contribution is -2.42. The molecule has 258 valence electrons. The van der Waals surface area contributed by atoms with E-state index in [1.165, 1.54) is 0 Å². The van der Waals surface area contributed by atoms with Gasteiger partial charge in [-0.3, -0.25) is 19.2 Å². The van der Waals surface area contributed by atoms with Crippen molar-refractivity contribution in [2.24, 2.45) is 11.8 Å². The summed E-state index contributed by atoms with van der Waals surface area (Å²) < 4.78 is 0. The monoisotopic (exact) mass is 670 g/mol. The summed E-state index contributed by atoms with van der Waals surface area (Å²) in [7, 11) is 0. The standard InChI is InChI=1S/C42H46N4O4/c1-41(2,33-11-7-5-8-12-33)39(49)45-25-23-31(27-45)37(47)43-35-19-15-29(16-20-35)30-17-21-36(22-18-30)44-38(48)32-24-26-46(28-32)40(50)42(3,4)34-13-9-6-10-14-34/h5-22,31-32H,23-28H2,1-4H3,(H,43,47)(H,44,48)/t31-,32+. The summed E-state index contributed by atoms with van der Waals surface area (Å²) in [6, 6.07) is 34.9. The van der Waals surface area contributed by atoms with Crippen LogP contribution in [0.15, 0.2) is 109 Å². The van der Waals surface area contributed by atoms with Crippen molar-refractivity contribution in [1.82, 2.24) is 9.80 Å². The Balaban J connectivity index is 0.986. The second-order valence-corrected chi connectivity index (χ2v) is 14.6. The van der Waals surface area contributed by atoms with Crippen molar-refractivity contribution in [3.63, 3.8) is 0 Å². The molecule has 4 aromatic carbocycles. The molecule has 0 saturated carbocycles. The Morgan fingerprint density at radius 1 is 0.520 bits per heavy atom. The molecule has 6 rings (SSSR count). The Bertz CT molecular complexity index is 1700. The minimum atomic E-state index is -0.661. The minimum absolute atomic E-state index is 0.0364. The first kappa shape index (κ1) is 34.6. The molecule has 2 N–H and O–H groups in total. The van der Waals surface area contributed by atoms with Crippen molar-refractivity contribution in [2.75, 3.05) is 36.8 Å². The summed E-state index contributed by atoms with van der Waals surface area (Å²) in [5.74, 6) is -0.618. The van der Waals surface area contributed by atoms with Gasteiger partial charge in [-0.15, -0.1) is 0 Å². The number of hydrogen-bond acceptors (Lipinski definition) is 4. The highest BCUT2D eigenvalue weighted by Gasteiger charge is 2.40. The van der Waals surface area contributed by atoms with E-state index in [-0.39, 0.29) is 35.5 Å². The van der Waals surface area contributed by atoms with Crippen LogP contribution in [0.5, 0.6) is 0 Å². The molecule has 2 saturated heterocycles. The van der Waals surface area contributed by atoms with Gasteiger partial charge in [0.05, 0.1) is 22.7 Å². The first-order valence-corrected chi connectivity index (χ1v) is 17.5. The van der Waals surface area contributed by atoms with E-state index in [1.807, 2.05) is 147 Å². The van der Waals surface area contributed by atoms with Crippen LogP contribution >= 0.6 is 0 Å². The Morgan fingerprint density at radius 3 is 1.20 bits per heavy atom. The molecule has 8 heteroatoms. The molecule has 4 aromatic rings. The predicted molar refractivity (Wildman–Crippen MR) is 197 cm³/mol. The zero-order valence-electron chi connectivity index (χ0n) is 29.3. The summed E-state index contributed by atoms with van der Waals surface area (Å²) in [6.07, 6.45) is 1.26. The second kappa shape index (κ2) is 14.3. The number of anilines is 2. The van der Waals surface area contributed by atoms with Gasteiger partial charge in [0.15, 0.2) is 0 Å². The first-order valence-electron chi connectivity index (χ1n) is 17.5. The van der Waals surface area contributed by atoms with Crippen LogP contribution in [0.4, 0.5) is 11.4 Å². The normalized spacial score (nSPS) is 17.8. The van der Waals surface area contributed by atoms with Crippen LogP contribution < -0.4 is 10.6 Å². The fourth-order valence-electron chi connectivity index (χ4n) is 7.05. The molecule has 8 nitrogen and oxygen atoms in total. The quantitative estimate of drug-likeness (QED) is 0.203. The van der Waals surface area contributed by atoms with Gasteiger partial charge in [-0.25, -0.2) is 0 Å². The smallest absolute Gasteiger partial charge is 0.232 e. The van der Waals surface area contributed by atoms with Crippen LogP contribution in [-0.2, 0) is 30.0 Å². The summed E-state index contributed by atoms with van der Waals surface area (Å²) >= 11 is 0. The molecule has 4 amide bonds. The van der Waals surface area contributed by atoms with E-state index in [1.54, 1.807) is 0 Å². The van der Waals surface area contributed by atoms with Gasteiger partial charge >= 0.3 is 0 Å². The molecular formula is C42H46N4O4. The van der Waals surface area contributed by atoms with Crippen molar-refractivity contribution >= 4 is 35.0 Å². The van der Waals surface area contributed by atoms with E-state index >= 15 is 0 Å². The van der Waals surface area contributed by atoms with Crippen molar-refractivity contribution in [1.29, 1.82) is 0 Å². The molecule has 0 radical (unpaired) electrons. The predicted octanol–water partition coefficient (Wildman–Crippen LogP) is 6.88.